The Morgan fingerprint density at radius 3 is 2.53 bits per heavy atom. The first kappa shape index (κ1) is 11.9. The van der Waals surface area contributed by atoms with Crippen LogP contribution in [0.3, 0.4) is 0 Å². The zero-order valence-corrected chi connectivity index (χ0v) is 9.71. The van der Waals surface area contributed by atoms with E-state index in [0.717, 1.165) is 4.90 Å². The van der Waals surface area contributed by atoms with E-state index >= 15 is 0 Å². The minimum absolute atomic E-state index is 0.198. The summed E-state index contributed by atoms with van der Waals surface area (Å²) in [5.74, 6) is -0.342. The van der Waals surface area contributed by atoms with Crippen LogP contribution < -0.4 is 0 Å². The van der Waals surface area contributed by atoms with Gasteiger partial charge in [0.25, 0.3) is 0 Å². The molecule has 2 nitrogen and oxygen atoms in total. The van der Waals surface area contributed by atoms with E-state index in [4.69, 9.17) is 4.74 Å². The van der Waals surface area contributed by atoms with Crippen LogP contribution in [-0.2, 0) is 9.53 Å². The van der Waals surface area contributed by atoms with Gasteiger partial charge in [-0.2, -0.15) is 0 Å². The lowest BCUT2D eigenvalue weighted by Gasteiger charge is -2.12. The number of thioether (sulfide) groups is 1. The predicted molar refractivity (Wildman–Crippen MR) is 62.7 cm³/mol. The average molecular weight is 222 g/mol. The minimum atomic E-state index is -0.342. The number of rotatable bonds is 4. The van der Waals surface area contributed by atoms with E-state index in [9.17, 15) is 4.79 Å². The van der Waals surface area contributed by atoms with Gasteiger partial charge in [0.15, 0.2) is 0 Å². The molecular weight excluding hydrogens is 208 g/mol. The van der Waals surface area contributed by atoms with Gasteiger partial charge in [0, 0.05) is 10.5 Å². The monoisotopic (exact) mass is 222 g/mol. The van der Waals surface area contributed by atoms with Crippen molar-refractivity contribution in [2.24, 2.45) is 0 Å². The third-order valence-electron chi connectivity index (χ3n) is 1.67. The average Bonchev–Trinajstić information content (AvgIpc) is 2.18. The van der Waals surface area contributed by atoms with Crippen LogP contribution in [0.4, 0.5) is 0 Å². The Labute approximate surface area is 94.3 Å². The molecule has 1 aromatic rings. The zero-order chi connectivity index (χ0) is 11.3. The van der Waals surface area contributed by atoms with Crippen LogP contribution >= 0.6 is 11.8 Å². The van der Waals surface area contributed by atoms with E-state index in [2.05, 4.69) is 6.58 Å². The van der Waals surface area contributed by atoms with Gasteiger partial charge >= 0.3 is 5.97 Å². The van der Waals surface area contributed by atoms with Gasteiger partial charge in [0.05, 0.1) is 0 Å². The molecular formula is C12H14O2S. The lowest BCUT2D eigenvalue weighted by molar-refractivity contribution is -0.139. The van der Waals surface area contributed by atoms with Crippen molar-refractivity contribution in [2.75, 3.05) is 0 Å². The molecule has 1 unspecified atom stereocenters. The number of benzene rings is 1. The van der Waals surface area contributed by atoms with Gasteiger partial charge in [0.2, 0.25) is 0 Å². The number of esters is 1. The second kappa shape index (κ2) is 5.61. The van der Waals surface area contributed by atoms with Crippen LogP contribution in [-0.4, -0.2) is 11.4 Å². The summed E-state index contributed by atoms with van der Waals surface area (Å²) in [6.07, 6.45) is 0. The summed E-state index contributed by atoms with van der Waals surface area (Å²) in [5.41, 5.74) is 0.229. The van der Waals surface area contributed by atoms with Gasteiger partial charge in [-0.3, -0.25) is 0 Å². The maximum absolute atomic E-state index is 11.2. The Hall–Kier alpha value is -1.22. The van der Waals surface area contributed by atoms with Crippen molar-refractivity contribution < 1.29 is 9.53 Å². The van der Waals surface area contributed by atoms with Crippen molar-refractivity contribution in [3.05, 3.63) is 42.5 Å². The highest BCUT2D eigenvalue weighted by molar-refractivity contribution is 7.99. The number of hydrogen-bond donors (Lipinski definition) is 0. The maximum atomic E-state index is 11.2. The Bertz CT molecular complexity index is 346. The first-order valence-corrected chi connectivity index (χ1v) is 5.56. The fraction of sp³-hybridized carbons (Fsp3) is 0.250. The summed E-state index contributed by atoms with van der Waals surface area (Å²) >= 11 is 1.51. The number of hydrogen-bond acceptors (Lipinski definition) is 3. The van der Waals surface area contributed by atoms with E-state index in [1.54, 1.807) is 6.92 Å². The van der Waals surface area contributed by atoms with E-state index in [1.165, 1.54) is 11.8 Å². The van der Waals surface area contributed by atoms with Crippen molar-refractivity contribution in [3.8, 4) is 0 Å². The van der Waals surface area contributed by atoms with Gasteiger partial charge in [-0.15, -0.1) is 0 Å². The number of ether oxygens (including phenoxy) is 1. The molecule has 0 saturated carbocycles. The summed E-state index contributed by atoms with van der Waals surface area (Å²) in [5, 5.41) is 0. The summed E-state index contributed by atoms with van der Waals surface area (Å²) in [6, 6.07) is 9.82. The molecule has 1 atom stereocenters. The second-order valence-corrected chi connectivity index (χ2v) is 4.56. The lowest BCUT2D eigenvalue weighted by atomic mass is 10.4. The molecule has 0 heterocycles. The summed E-state index contributed by atoms with van der Waals surface area (Å²) in [4.78, 5) is 12.3. The van der Waals surface area contributed by atoms with Crippen LogP contribution in [0.1, 0.15) is 13.8 Å². The van der Waals surface area contributed by atoms with Gasteiger partial charge in [-0.25, -0.2) is 4.79 Å². The molecule has 3 heteroatoms. The Balaban J connectivity index is 2.46. The highest BCUT2D eigenvalue weighted by Gasteiger charge is 2.10. The number of carbonyl (C=O) groups excluding carboxylic acids is 1. The molecule has 0 bridgehead atoms. The lowest BCUT2D eigenvalue weighted by Crippen LogP contribution is -2.11. The molecule has 0 saturated heterocycles. The molecule has 0 amide bonds. The van der Waals surface area contributed by atoms with Crippen LogP contribution in [0.25, 0.3) is 0 Å². The Kier molecular flexibility index (Phi) is 4.43. The SMILES string of the molecule is C=C(C)C(=O)OC(C)Sc1ccccc1. The summed E-state index contributed by atoms with van der Waals surface area (Å²) in [7, 11) is 0. The normalized spacial score (nSPS) is 11.9. The van der Waals surface area contributed by atoms with Crippen LogP contribution in [0.15, 0.2) is 47.4 Å². The summed E-state index contributed by atoms with van der Waals surface area (Å²) in [6.45, 7) is 7.02. The quantitative estimate of drug-likeness (QED) is 0.338. The predicted octanol–water partition coefficient (Wildman–Crippen LogP) is 3.24. The van der Waals surface area contributed by atoms with Gasteiger partial charge in [-0.05, 0) is 26.0 Å². The molecule has 1 aromatic carbocycles. The minimum Gasteiger partial charge on any atom is -0.448 e. The molecule has 0 spiro atoms. The Morgan fingerprint density at radius 2 is 2.00 bits per heavy atom. The van der Waals surface area contributed by atoms with Crippen LogP contribution in [0.2, 0.25) is 0 Å². The number of carbonyl (C=O) groups is 1. The van der Waals surface area contributed by atoms with Crippen LogP contribution in [0, 0.1) is 0 Å². The zero-order valence-electron chi connectivity index (χ0n) is 8.90. The smallest absolute Gasteiger partial charge is 0.334 e. The standard InChI is InChI=1S/C12H14O2S/c1-9(2)12(13)14-10(3)15-11-7-5-4-6-8-11/h4-8,10H,1H2,2-3H3. The first-order chi connectivity index (χ1) is 7.09. The van der Waals surface area contributed by atoms with Crippen molar-refractivity contribution in [2.45, 2.75) is 24.2 Å². The molecule has 0 aromatic heterocycles. The van der Waals surface area contributed by atoms with Crippen LogP contribution in [0.5, 0.6) is 0 Å². The molecule has 0 aliphatic carbocycles. The highest BCUT2D eigenvalue weighted by atomic mass is 32.2. The molecule has 0 N–H and O–H groups in total. The largest absolute Gasteiger partial charge is 0.448 e. The van der Waals surface area contributed by atoms with Gasteiger partial charge < -0.3 is 4.74 Å². The molecule has 0 aliphatic heterocycles. The molecule has 80 valence electrons. The third kappa shape index (κ3) is 4.21. The van der Waals surface area contributed by atoms with E-state index in [-0.39, 0.29) is 11.4 Å². The molecule has 0 fully saturated rings. The third-order valence-corrected chi connectivity index (χ3v) is 2.64. The maximum Gasteiger partial charge on any atom is 0.334 e. The molecule has 0 aliphatic rings. The van der Waals surface area contributed by atoms with Crippen molar-refractivity contribution in [3.63, 3.8) is 0 Å². The fourth-order valence-corrected chi connectivity index (χ4v) is 1.80. The van der Waals surface area contributed by atoms with Crippen molar-refractivity contribution in [1.82, 2.24) is 0 Å². The molecule has 1 rings (SSSR count). The van der Waals surface area contributed by atoms with E-state index in [0.29, 0.717) is 5.57 Å². The second-order valence-electron chi connectivity index (χ2n) is 3.18. The van der Waals surface area contributed by atoms with Crippen molar-refractivity contribution >= 4 is 17.7 Å². The molecule has 0 radical (unpaired) electrons. The van der Waals surface area contributed by atoms with E-state index < -0.39 is 0 Å². The first-order valence-electron chi connectivity index (χ1n) is 4.68. The van der Waals surface area contributed by atoms with Gasteiger partial charge in [0.1, 0.15) is 5.44 Å². The van der Waals surface area contributed by atoms with E-state index in [1.807, 2.05) is 37.3 Å². The Morgan fingerprint density at radius 1 is 1.40 bits per heavy atom. The van der Waals surface area contributed by atoms with Crippen molar-refractivity contribution in [1.29, 1.82) is 0 Å². The summed E-state index contributed by atoms with van der Waals surface area (Å²) < 4.78 is 5.14. The molecule has 15 heavy (non-hydrogen) atoms. The topological polar surface area (TPSA) is 26.3 Å². The van der Waals surface area contributed by atoms with Gasteiger partial charge in [-0.1, -0.05) is 36.5 Å². The highest BCUT2D eigenvalue weighted by Crippen LogP contribution is 2.23. The fourth-order valence-electron chi connectivity index (χ4n) is 0.966.